The summed E-state index contributed by atoms with van der Waals surface area (Å²) in [4.78, 5) is 21.0. The van der Waals surface area contributed by atoms with E-state index in [-0.39, 0.29) is 6.61 Å². The molecule has 0 saturated carbocycles. The maximum atomic E-state index is 10.6. The molecule has 0 spiro atoms. The standard InChI is InChI=1S/C7H12O8S/c1-5(8)13-3-7(15-6(2)9)4-14-16(10,11)12/h7H,3-4H2,1-2H3,(H,10,11,12)/p-1. The molecule has 0 saturated heterocycles. The lowest BCUT2D eigenvalue weighted by molar-refractivity contribution is -0.158. The summed E-state index contributed by atoms with van der Waals surface area (Å²) in [6, 6.07) is 0. The zero-order valence-electron chi connectivity index (χ0n) is 8.67. The lowest BCUT2D eigenvalue weighted by Gasteiger charge is -2.17. The summed E-state index contributed by atoms with van der Waals surface area (Å²) in [5.74, 6) is -1.36. The van der Waals surface area contributed by atoms with Crippen molar-refractivity contribution in [2.45, 2.75) is 20.0 Å². The monoisotopic (exact) mass is 255 g/mol. The first-order valence-electron chi connectivity index (χ1n) is 4.11. The number of carbonyl (C=O) groups excluding carboxylic acids is 2. The largest absolute Gasteiger partial charge is 0.726 e. The van der Waals surface area contributed by atoms with Crippen molar-refractivity contribution in [3.8, 4) is 0 Å². The molecule has 0 rings (SSSR count). The molecular formula is C7H11O8S-. The van der Waals surface area contributed by atoms with Crippen molar-refractivity contribution in [2.24, 2.45) is 0 Å². The molecule has 0 bridgehead atoms. The predicted octanol–water partition coefficient (Wildman–Crippen LogP) is -1.04. The highest BCUT2D eigenvalue weighted by molar-refractivity contribution is 7.80. The van der Waals surface area contributed by atoms with E-state index in [4.69, 9.17) is 0 Å². The van der Waals surface area contributed by atoms with Gasteiger partial charge in [-0.2, -0.15) is 0 Å². The van der Waals surface area contributed by atoms with E-state index < -0.39 is 35.0 Å². The summed E-state index contributed by atoms with van der Waals surface area (Å²) in [6.07, 6.45) is -1.13. The summed E-state index contributed by atoms with van der Waals surface area (Å²) in [6.45, 7) is 1.12. The first-order chi connectivity index (χ1) is 7.20. The van der Waals surface area contributed by atoms with E-state index in [1.165, 1.54) is 0 Å². The van der Waals surface area contributed by atoms with E-state index in [1.807, 2.05) is 0 Å². The van der Waals surface area contributed by atoms with Gasteiger partial charge in [-0.3, -0.25) is 13.8 Å². The van der Waals surface area contributed by atoms with Crippen LogP contribution < -0.4 is 0 Å². The van der Waals surface area contributed by atoms with Crippen LogP contribution in [0.3, 0.4) is 0 Å². The molecule has 8 nitrogen and oxygen atoms in total. The molecule has 0 aromatic carbocycles. The summed E-state index contributed by atoms with van der Waals surface area (Å²) < 4.78 is 43.3. The Kier molecular flexibility index (Phi) is 5.93. The SMILES string of the molecule is CC(=O)OCC(COS(=O)(=O)[O-])OC(C)=O. The number of ether oxygens (including phenoxy) is 2. The highest BCUT2D eigenvalue weighted by atomic mass is 32.3. The van der Waals surface area contributed by atoms with Crippen LogP contribution in [0.2, 0.25) is 0 Å². The molecule has 9 heteroatoms. The van der Waals surface area contributed by atoms with Crippen LogP contribution in [0.15, 0.2) is 0 Å². The van der Waals surface area contributed by atoms with Crippen molar-refractivity contribution in [3.05, 3.63) is 0 Å². The van der Waals surface area contributed by atoms with Gasteiger partial charge in [-0.05, 0) is 0 Å². The maximum absolute atomic E-state index is 10.6. The summed E-state index contributed by atoms with van der Waals surface area (Å²) in [7, 11) is -4.88. The van der Waals surface area contributed by atoms with E-state index in [2.05, 4.69) is 13.7 Å². The second kappa shape index (κ2) is 6.40. The first-order valence-corrected chi connectivity index (χ1v) is 5.45. The number of esters is 2. The molecular weight excluding hydrogens is 244 g/mol. The Bertz CT molecular complexity index is 345. The van der Waals surface area contributed by atoms with Crippen molar-refractivity contribution >= 4 is 22.3 Å². The zero-order valence-corrected chi connectivity index (χ0v) is 9.48. The minimum absolute atomic E-state index is 0.384. The molecule has 0 amide bonds. The molecule has 0 radical (unpaired) electrons. The van der Waals surface area contributed by atoms with Gasteiger partial charge in [-0.15, -0.1) is 0 Å². The van der Waals surface area contributed by atoms with Crippen LogP contribution in [-0.4, -0.2) is 44.2 Å². The van der Waals surface area contributed by atoms with Gasteiger partial charge in [-0.25, -0.2) is 8.42 Å². The zero-order chi connectivity index (χ0) is 12.8. The Morgan fingerprint density at radius 2 is 1.75 bits per heavy atom. The third-order valence-corrected chi connectivity index (χ3v) is 1.63. The second-order valence-corrected chi connectivity index (χ2v) is 3.78. The molecule has 0 N–H and O–H groups in total. The van der Waals surface area contributed by atoms with Gasteiger partial charge in [0, 0.05) is 13.8 Å². The van der Waals surface area contributed by atoms with Gasteiger partial charge in [0.1, 0.15) is 13.2 Å². The minimum atomic E-state index is -4.88. The van der Waals surface area contributed by atoms with Gasteiger partial charge >= 0.3 is 11.9 Å². The fraction of sp³-hybridized carbons (Fsp3) is 0.714. The maximum Gasteiger partial charge on any atom is 0.303 e. The summed E-state index contributed by atoms with van der Waals surface area (Å²) >= 11 is 0. The predicted molar refractivity (Wildman–Crippen MR) is 47.8 cm³/mol. The molecule has 0 aromatic heterocycles. The van der Waals surface area contributed by atoms with E-state index in [1.54, 1.807) is 0 Å². The highest BCUT2D eigenvalue weighted by Crippen LogP contribution is 1.99. The first kappa shape index (κ1) is 14.8. The topological polar surface area (TPSA) is 119 Å². The molecule has 0 fully saturated rings. The average molecular weight is 255 g/mol. The van der Waals surface area contributed by atoms with Crippen molar-refractivity contribution < 1.29 is 36.2 Å². The van der Waals surface area contributed by atoms with Crippen LogP contribution in [0, 0.1) is 0 Å². The fourth-order valence-electron chi connectivity index (χ4n) is 0.720. The minimum Gasteiger partial charge on any atom is -0.726 e. The molecule has 0 aliphatic heterocycles. The van der Waals surface area contributed by atoms with Gasteiger partial charge < -0.3 is 14.0 Å². The quantitative estimate of drug-likeness (QED) is 0.335. The van der Waals surface area contributed by atoms with Gasteiger partial charge in [0.15, 0.2) is 6.10 Å². The number of hydrogen-bond acceptors (Lipinski definition) is 8. The lowest BCUT2D eigenvalue weighted by atomic mass is 10.4. The highest BCUT2D eigenvalue weighted by Gasteiger charge is 2.15. The Morgan fingerprint density at radius 3 is 2.12 bits per heavy atom. The van der Waals surface area contributed by atoms with E-state index in [9.17, 15) is 22.6 Å². The molecule has 16 heavy (non-hydrogen) atoms. The summed E-state index contributed by atoms with van der Waals surface area (Å²) in [5.41, 5.74) is 0. The Morgan fingerprint density at radius 1 is 1.19 bits per heavy atom. The fourth-order valence-corrected chi connectivity index (χ4v) is 1.04. The van der Waals surface area contributed by atoms with Crippen LogP contribution in [0.1, 0.15) is 13.8 Å². The van der Waals surface area contributed by atoms with Crippen LogP contribution in [0.4, 0.5) is 0 Å². The summed E-state index contributed by atoms with van der Waals surface area (Å²) in [5, 5.41) is 0. The molecule has 0 heterocycles. The van der Waals surface area contributed by atoms with Crippen LogP contribution >= 0.6 is 0 Å². The normalized spacial score (nSPS) is 12.9. The number of hydrogen-bond donors (Lipinski definition) is 0. The Hall–Kier alpha value is -1.19. The van der Waals surface area contributed by atoms with E-state index in [0.717, 1.165) is 13.8 Å². The van der Waals surface area contributed by atoms with E-state index >= 15 is 0 Å². The molecule has 0 aliphatic rings. The number of rotatable bonds is 6. The number of carbonyl (C=O) groups is 2. The molecule has 0 aromatic rings. The van der Waals surface area contributed by atoms with Gasteiger partial charge in [0.25, 0.3) is 0 Å². The van der Waals surface area contributed by atoms with E-state index in [0.29, 0.717) is 0 Å². The van der Waals surface area contributed by atoms with Crippen molar-refractivity contribution in [3.63, 3.8) is 0 Å². The molecule has 1 unspecified atom stereocenters. The molecule has 94 valence electrons. The van der Waals surface area contributed by atoms with Crippen molar-refractivity contribution in [1.29, 1.82) is 0 Å². The van der Waals surface area contributed by atoms with Gasteiger partial charge in [0.05, 0.1) is 0 Å². The van der Waals surface area contributed by atoms with Gasteiger partial charge in [0.2, 0.25) is 10.4 Å². The Balaban J connectivity index is 4.20. The van der Waals surface area contributed by atoms with Crippen molar-refractivity contribution in [2.75, 3.05) is 13.2 Å². The lowest BCUT2D eigenvalue weighted by Crippen LogP contribution is -2.29. The third-order valence-electron chi connectivity index (χ3n) is 1.20. The Labute approximate surface area is 92.4 Å². The van der Waals surface area contributed by atoms with Crippen LogP contribution in [0.25, 0.3) is 0 Å². The van der Waals surface area contributed by atoms with Gasteiger partial charge in [-0.1, -0.05) is 0 Å². The third kappa shape index (κ3) is 9.37. The average Bonchev–Trinajstić information content (AvgIpc) is 2.07. The molecule has 1 atom stereocenters. The second-order valence-electron chi connectivity index (χ2n) is 2.73. The smallest absolute Gasteiger partial charge is 0.303 e. The molecule has 0 aliphatic carbocycles. The van der Waals surface area contributed by atoms with Crippen LogP contribution in [0.5, 0.6) is 0 Å². The van der Waals surface area contributed by atoms with Crippen molar-refractivity contribution in [1.82, 2.24) is 0 Å². The van der Waals surface area contributed by atoms with Crippen LogP contribution in [-0.2, 0) is 33.6 Å².